The van der Waals surface area contributed by atoms with Crippen molar-refractivity contribution in [3.05, 3.63) is 0 Å². The molecule has 0 saturated carbocycles. The van der Waals surface area contributed by atoms with Crippen molar-refractivity contribution in [3.8, 4) is 0 Å². The maximum Gasteiger partial charge on any atom is 0.217 e. The van der Waals surface area contributed by atoms with E-state index in [1.807, 2.05) is 0 Å². The molecule has 1 unspecified atom stereocenters. The Hall–Kier alpha value is -4.16. The van der Waals surface area contributed by atoms with Gasteiger partial charge in [0.2, 0.25) is 23.6 Å². The van der Waals surface area contributed by atoms with Crippen molar-refractivity contribution in [3.63, 3.8) is 0 Å². The summed E-state index contributed by atoms with van der Waals surface area (Å²) in [6, 6.07) is -7.86. The molecule has 0 spiro atoms. The van der Waals surface area contributed by atoms with E-state index in [0.717, 1.165) is 49.0 Å². The van der Waals surface area contributed by atoms with Crippen molar-refractivity contribution in [1.82, 2.24) is 21.3 Å². The summed E-state index contributed by atoms with van der Waals surface area (Å²) < 4.78 is 144. The molecule has 0 aromatic rings. The van der Waals surface area contributed by atoms with Gasteiger partial charge in [-0.05, 0) is 0 Å². The molecular weight excluding hydrogens is 1850 g/mol. The molecule has 11 rings (SSSR count). The second kappa shape index (κ2) is 49.4. The van der Waals surface area contributed by atoms with Gasteiger partial charge in [0.05, 0.1) is 72.7 Å². The minimum absolute atomic E-state index is 0.806. The number of ether oxygens (including phenoxy) is 24. The molecule has 135 heavy (non-hydrogen) atoms. The normalized spacial score (nSPS) is 49.0. The van der Waals surface area contributed by atoms with E-state index in [1.165, 1.54) is 0 Å². The van der Waals surface area contributed by atoms with Crippen molar-refractivity contribution >= 4 is 23.6 Å². The molecule has 0 bridgehead atoms. The SMILES string of the molecule is CO[C@@H]1[C@@H](O)[C@@H](CO)O[C@@H](OC[C@H]2O[C@@H](O[C@H]3[C@H](O)[C@@H](NC(C)=O)[C@H](O[C@@H]4[C@@H](O[C@H]5[C@H](O)[C@@H](CO[C@H]6O[C@H](CO)[C@@H](O)[C@H](O)[C@@H]6O)O[C@@H](O[C@H]6[C@H](O)[C@@H](NC(C)=O)[C@H](O[C@H]7[C@H](O)[C@@H](NC(C)=O)C(O)O[C@@H]7CO)O[C@@H]6CO)[C@H]5O[C@@H]5OC[C@@H](O)[C@H](O)[C@H]5O)O[C@H](CO)[C@@H](O)[C@@H]4O)O[C@@H]3CO)[C@H](NC(C)=O)[C@@H](O[C@@H]3O[C@H](CO[C@@H]4O[C@H](CO)[C@H](O)[C@H](OC)[C@H]4O)[C@H](O)[C@H](OC)[C@H]3O)[C@@H]2O)[C@@H]1O. The second-order valence-corrected chi connectivity index (χ2v) is 34.0. The first-order chi connectivity index (χ1) is 64.1. The van der Waals surface area contributed by atoms with Crippen molar-refractivity contribution in [2.24, 2.45) is 0 Å². The first-order valence-corrected chi connectivity index (χ1v) is 43.2. The van der Waals surface area contributed by atoms with Gasteiger partial charge < -0.3 is 273 Å². The highest BCUT2D eigenvalue weighted by atomic mass is 16.8. The van der Waals surface area contributed by atoms with Gasteiger partial charge in [0, 0.05) is 49.0 Å². The summed E-state index contributed by atoms with van der Waals surface area (Å²) in [6.45, 7) is -7.65. The Morgan fingerprint density at radius 3 is 0.956 bits per heavy atom. The molecule has 11 saturated heterocycles. The largest absolute Gasteiger partial charge is 0.394 e. The Balaban J connectivity index is 0.943. The van der Waals surface area contributed by atoms with Crippen LogP contribution in [-0.4, -0.2) is 587 Å². The van der Waals surface area contributed by atoms with Crippen LogP contribution in [0.15, 0.2) is 0 Å². The predicted octanol–water partition coefficient (Wildman–Crippen LogP) is -21.8. The molecule has 11 heterocycles. The maximum absolute atomic E-state index is 13.6. The molecule has 4 amide bonds. The Morgan fingerprint density at radius 2 is 0.519 bits per heavy atom. The zero-order valence-electron chi connectivity index (χ0n) is 73.5. The number of carbonyl (C=O) groups is 4. The van der Waals surface area contributed by atoms with Gasteiger partial charge in [0.15, 0.2) is 69.2 Å². The number of aliphatic hydroxyl groups is 27. The summed E-state index contributed by atoms with van der Waals surface area (Å²) >= 11 is 0. The Labute approximate surface area is 766 Å². The minimum Gasteiger partial charge on any atom is -0.394 e. The van der Waals surface area contributed by atoms with Gasteiger partial charge in [-0.2, -0.15) is 0 Å². The van der Waals surface area contributed by atoms with Gasteiger partial charge in [-0.3, -0.25) is 19.2 Å². The third-order valence-corrected chi connectivity index (χ3v) is 24.9. The number of carbonyl (C=O) groups excluding carboxylic acids is 4. The molecule has 0 aromatic carbocycles. The first kappa shape index (κ1) is 111. The van der Waals surface area contributed by atoms with Crippen LogP contribution in [0.2, 0.25) is 0 Å². The van der Waals surface area contributed by atoms with Gasteiger partial charge >= 0.3 is 0 Å². The smallest absolute Gasteiger partial charge is 0.217 e. The molecule has 11 aliphatic heterocycles. The van der Waals surface area contributed by atoms with Crippen LogP contribution in [0.3, 0.4) is 0 Å². The molecule has 0 aromatic heterocycles. The lowest BCUT2D eigenvalue weighted by molar-refractivity contribution is -0.411. The average Bonchev–Trinajstić information content (AvgIpc) is 0.762. The zero-order valence-corrected chi connectivity index (χ0v) is 73.5. The lowest BCUT2D eigenvalue weighted by atomic mass is 9.93. The molecule has 54 atom stereocenters. The van der Waals surface area contributed by atoms with Crippen LogP contribution in [0, 0.1) is 0 Å². The Bertz CT molecular complexity index is 3650. The average molecular weight is 1980 g/mol. The molecule has 0 aliphatic carbocycles. The highest BCUT2D eigenvalue weighted by Crippen LogP contribution is 2.42. The fourth-order valence-electron chi connectivity index (χ4n) is 17.7. The topological polar surface area (TPSA) is 884 Å². The van der Waals surface area contributed by atoms with E-state index in [1.54, 1.807) is 0 Å². The molecular formula is C76H128N4O55. The summed E-state index contributed by atoms with van der Waals surface area (Å²) in [5.74, 6) is -3.84. The van der Waals surface area contributed by atoms with Crippen LogP contribution in [0.4, 0.5) is 0 Å². The Morgan fingerprint density at radius 1 is 0.237 bits per heavy atom. The maximum atomic E-state index is 13.6. The van der Waals surface area contributed by atoms with Crippen LogP contribution in [0.1, 0.15) is 27.7 Å². The van der Waals surface area contributed by atoms with Crippen molar-refractivity contribution < 1.29 is 271 Å². The van der Waals surface area contributed by atoms with E-state index in [-0.39, 0.29) is 0 Å². The van der Waals surface area contributed by atoms with Gasteiger partial charge in [0.25, 0.3) is 0 Å². The molecule has 11 aliphatic rings. The van der Waals surface area contributed by atoms with Crippen molar-refractivity contribution in [1.29, 1.82) is 0 Å². The highest BCUT2D eigenvalue weighted by molar-refractivity contribution is 5.74. The summed E-state index contributed by atoms with van der Waals surface area (Å²) in [5, 5.41) is 316. The molecule has 11 fully saturated rings. The van der Waals surface area contributed by atoms with Crippen molar-refractivity contribution in [2.75, 3.05) is 94.0 Å². The first-order valence-electron chi connectivity index (χ1n) is 43.2. The van der Waals surface area contributed by atoms with E-state index in [0.29, 0.717) is 0 Å². The summed E-state index contributed by atoms with van der Waals surface area (Å²) in [6.07, 6.45) is -103. The summed E-state index contributed by atoms with van der Waals surface area (Å²) in [5.41, 5.74) is 0. The van der Waals surface area contributed by atoms with Crippen LogP contribution in [-0.2, 0) is 133 Å². The fourth-order valence-corrected chi connectivity index (χ4v) is 17.7. The monoisotopic (exact) mass is 1980 g/mol. The quantitative estimate of drug-likeness (QED) is 0.0275. The number of amides is 4. The van der Waals surface area contributed by atoms with E-state index in [4.69, 9.17) is 114 Å². The molecule has 59 heteroatoms. The number of rotatable bonds is 37. The van der Waals surface area contributed by atoms with Crippen LogP contribution in [0.5, 0.6) is 0 Å². The van der Waals surface area contributed by atoms with Gasteiger partial charge in [-0.1, -0.05) is 0 Å². The second-order valence-electron chi connectivity index (χ2n) is 34.0. The van der Waals surface area contributed by atoms with Crippen molar-refractivity contribution in [2.45, 2.75) is 359 Å². The van der Waals surface area contributed by atoms with Gasteiger partial charge in [-0.15, -0.1) is 0 Å². The molecule has 31 N–H and O–H groups in total. The number of hydrogen-bond acceptors (Lipinski definition) is 55. The van der Waals surface area contributed by atoms with Crippen LogP contribution < -0.4 is 21.3 Å². The standard InChI is InChI=1S/C76H128N4O55/c1-19(88)77-34-46(101)56(28(12-85)119-66(34)111)129-67-35(78-20(2)89)48(103)58(30(14-87)124-67)131-76-65(135-71-51(106)38(93)23(92)15-115-71)63(45(100)33(128-76)18-116-70-52(107)49(104)39(94)24(8-81)120-70)133-75-64(50(105)40(95)25(9-82)123-75)134-68-36(79-21(3)90)47(102)57(29(13-86)125-68)130-69-37(80-22(4)91)59(43(98)31(126-69)16-117-72-53(108)60(112-5)41(96)26(10-83)121-72)132-74-55(110)62(114-7)44(99)32(127-74)17-118-73-54(109)61(113-6)42(97)27(11-84)122-73/h23-76,81-87,92-111H,8-18H2,1-7H3,(H,77,88)(H,78,89)(H,79,90)(H,80,91)/t23-,24-,25-,26-,27-,28-,29-,30-,31-,32-,33-,34-,35-,36-,37-,38+,39-,40-,41+,42+,43-,44+,45-,46-,47-,48-,49+,50+,51-,52+,53-,54-,55-,56-,57-,58-,59-,60-,61+,62+,63+,64+,65+,66?,67+,68+,69+,70+,71+,72-,73-,74+,75-,76+/m1/s1. The summed E-state index contributed by atoms with van der Waals surface area (Å²) in [7, 11) is 3.26. The van der Waals surface area contributed by atoms with Gasteiger partial charge in [0.1, 0.15) is 262 Å². The Kier molecular flexibility index (Phi) is 40.7. The third-order valence-electron chi connectivity index (χ3n) is 24.9. The lowest BCUT2D eigenvalue weighted by Gasteiger charge is -2.52. The zero-order chi connectivity index (χ0) is 99.1. The summed E-state index contributed by atoms with van der Waals surface area (Å²) in [4.78, 5) is 52.7. The fraction of sp³-hybridized carbons (Fsp3) is 0.947. The van der Waals surface area contributed by atoms with Crippen LogP contribution in [0.25, 0.3) is 0 Å². The molecule has 0 radical (unpaired) electrons. The molecule has 59 nitrogen and oxygen atoms in total. The number of hydrogen-bond donors (Lipinski definition) is 31. The van der Waals surface area contributed by atoms with Gasteiger partial charge in [-0.25, -0.2) is 0 Å². The number of aliphatic hydroxyl groups excluding tert-OH is 27. The number of methoxy groups -OCH3 is 3. The van der Waals surface area contributed by atoms with Crippen LogP contribution >= 0.6 is 0 Å². The molecule has 782 valence electrons. The lowest BCUT2D eigenvalue weighted by Crippen LogP contribution is -2.72. The third kappa shape index (κ3) is 24.9. The van der Waals surface area contributed by atoms with E-state index >= 15 is 0 Å². The van der Waals surface area contributed by atoms with E-state index in [9.17, 15) is 157 Å². The predicted molar refractivity (Wildman–Crippen MR) is 417 cm³/mol. The van der Waals surface area contributed by atoms with E-state index in [2.05, 4.69) is 21.3 Å². The number of nitrogens with one attached hydrogen (secondary N) is 4. The minimum atomic E-state index is -2.56. The highest BCUT2D eigenvalue weighted by Gasteiger charge is 2.63. The van der Waals surface area contributed by atoms with E-state index < -0.39 is 428 Å².